The summed E-state index contributed by atoms with van der Waals surface area (Å²) in [6, 6.07) is 5.49. The van der Waals surface area contributed by atoms with Crippen LogP contribution in [0.15, 0.2) is 18.2 Å². The molecule has 0 aliphatic carbocycles. The number of carbonyl (C=O) groups is 1. The quantitative estimate of drug-likeness (QED) is 0.843. The van der Waals surface area contributed by atoms with Crippen molar-refractivity contribution in [2.24, 2.45) is 5.92 Å². The molecule has 1 unspecified atom stereocenters. The van der Waals surface area contributed by atoms with Crippen LogP contribution in [0.4, 0.5) is 5.82 Å². The van der Waals surface area contributed by atoms with Crippen molar-refractivity contribution < 1.29 is 4.79 Å². The maximum atomic E-state index is 12.2. The SMILES string of the molecule is CCNc1cccc(C(=O)N(C)CC(C)CC)n1. The fourth-order valence-corrected chi connectivity index (χ4v) is 1.71. The van der Waals surface area contributed by atoms with E-state index in [0.29, 0.717) is 11.6 Å². The van der Waals surface area contributed by atoms with Crippen molar-refractivity contribution in [3.63, 3.8) is 0 Å². The Kier molecular flexibility index (Phi) is 5.62. The molecule has 0 saturated heterocycles. The Bertz CT molecular complexity index is 392. The topological polar surface area (TPSA) is 45.2 Å². The molecule has 0 radical (unpaired) electrons. The van der Waals surface area contributed by atoms with E-state index in [-0.39, 0.29) is 5.91 Å². The van der Waals surface area contributed by atoms with E-state index in [1.165, 1.54) is 0 Å². The summed E-state index contributed by atoms with van der Waals surface area (Å²) in [5.74, 6) is 1.24. The average Bonchev–Trinajstić information content (AvgIpc) is 2.38. The number of carbonyl (C=O) groups excluding carboxylic acids is 1. The molecule has 4 heteroatoms. The average molecular weight is 249 g/mol. The molecule has 1 rings (SSSR count). The maximum Gasteiger partial charge on any atom is 0.272 e. The number of aromatic nitrogens is 1. The van der Waals surface area contributed by atoms with Crippen LogP contribution in [-0.4, -0.2) is 35.9 Å². The summed E-state index contributed by atoms with van der Waals surface area (Å²) in [6.07, 6.45) is 1.07. The molecule has 18 heavy (non-hydrogen) atoms. The van der Waals surface area contributed by atoms with Gasteiger partial charge in [-0.2, -0.15) is 0 Å². The Hall–Kier alpha value is -1.58. The molecule has 1 amide bonds. The zero-order valence-corrected chi connectivity index (χ0v) is 11.7. The molecule has 0 saturated carbocycles. The van der Waals surface area contributed by atoms with Gasteiger partial charge in [-0.05, 0) is 25.0 Å². The lowest BCUT2D eigenvalue weighted by atomic mass is 10.1. The van der Waals surface area contributed by atoms with Gasteiger partial charge in [0, 0.05) is 20.1 Å². The zero-order valence-electron chi connectivity index (χ0n) is 11.7. The molecule has 1 aromatic heterocycles. The van der Waals surface area contributed by atoms with E-state index in [1.54, 1.807) is 11.0 Å². The molecule has 100 valence electrons. The molecule has 0 aliphatic rings. The molecule has 0 aliphatic heterocycles. The van der Waals surface area contributed by atoms with E-state index in [0.717, 1.165) is 25.3 Å². The van der Waals surface area contributed by atoms with Crippen molar-refractivity contribution in [2.45, 2.75) is 27.2 Å². The molecule has 4 nitrogen and oxygen atoms in total. The normalized spacial score (nSPS) is 12.0. The van der Waals surface area contributed by atoms with Gasteiger partial charge >= 0.3 is 0 Å². The predicted molar refractivity (Wildman–Crippen MR) is 74.8 cm³/mol. The highest BCUT2D eigenvalue weighted by Crippen LogP contribution is 2.09. The monoisotopic (exact) mass is 249 g/mol. The number of amides is 1. The van der Waals surface area contributed by atoms with E-state index >= 15 is 0 Å². The van der Waals surface area contributed by atoms with Crippen LogP contribution in [0.2, 0.25) is 0 Å². The third-order valence-electron chi connectivity index (χ3n) is 2.96. The van der Waals surface area contributed by atoms with Gasteiger partial charge in [0.1, 0.15) is 11.5 Å². The first-order valence-corrected chi connectivity index (χ1v) is 6.54. The highest BCUT2D eigenvalue weighted by molar-refractivity contribution is 5.92. The van der Waals surface area contributed by atoms with E-state index < -0.39 is 0 Å². The highest BCUT2D eigenvalue weighted by Gasteiger charge is 2.15. The first kappa shape index (κ1) is 14.5. The molecule has 0 spiro atoms. The molecule has 1 aromatic rings. The van der Waals surface area contributed by atoms with Gasteiger partial charge in [0.05, 0.1) is 0 Å². The van der Waals surface area contributed by atoms with Crippen LogP contribution in [0.1, 0.15) is 37.7 Å². The molecule has 0 aromatic carbocycles. The van der Waals surface area contributed by atoms with Crippen LogP contribution in [-0.2, 0) is 0 Å². The smallest absolute Gasteiger partial charge is 0.272 e. The van der Waals surface area contributed by atoms with Gasteiger partial charge in [-0.15, -0.1) is 0 Å². The third-order valence-corrected chi connectivity index (χ3v) is 2.96. The lowest BCUT2D eigenvalue weighted by Crippen LogP contribution is -2.31. The minimum absolute atomic E-state index is 0.0185. The summed E-state index contributed by atoms with van der Waals surface area (Å²) in [4.78, 5) is 18.2. The van der Waals surface area contributed by atoms with Crippen molar-refractivity contribution in [2.75, 3.05) is 25.5 Å². The van der Waals surface area contributed by atoms with Crippen LogP contribution in [0, 0.1) is 5.92 Å². The summed E-state index contributed by atoms with van der Waals surface area (Å²) in [7, 11) is 1.83. The first-order valence-electron chi connectivity index (χ1n) is 6.54. The molecule has 0 bridgehead atoms. The summed E-state index contributed by atoms with van der Waals surface area (Å²) < 4.78 is 0. The zero-order chi connectivity index (χ0) is 13.5. The fraction of sp³-hybridized carbons (Fsp3) is 0.571. The molecule has 1 N–H and O–H groups in total. The molecular weight excluding hydrogens is 226 g/mol. The van der Waals surface area contributed by atoms with Crippen LogP contribution in [0.5, 0.6) is 0 Å². The number of hydrogen-bond acceptors (Lipinski definition) is 3. The van der Waals surface area contributed by atoms with Crippen LogP contribution < -0.4 is 5.32 Å². The Morgan fingerprint density at radius 1 is 1.44 bits per heavy atom. The second kappa shape index (κ2) is 6.99. The molecule has 1 atom stereocenters. The van der Waals surface area contributed by atoms with Gasteiger partial charge in [-0.3, -0.25) is 4.79 Å². The minimum atomic E-state index is -0.0185. The van der Waals surface area contributed by atoms with Crippen molar-refractivity contribution >= 4 is 11.7 Å². The Morgan fingerprint density at radius 2 is 2.17 bits per heavy atom. The standard InChI is InChI=1S/C14H23N3O/c1-5-11(3)10-17(4)14(18)12-8-7-9-13(16-12)15-6-2/h7-9,11H,5-6,10H2,1-4H3,(H,15,16). The van der Waals surface area contributed by atoms with Crippen LogP contribution >= 0.6 is 0 Å². The third kappa shape index (κ3) is 4.02. The van der Waals surface area contributed by atoms with Crippen molar-refractivity contribution in [3.8, 4) is 0 Å². The van der Waals surface area contributed by atoms with Crippen molar-refractivity contribution in [1.29, 1.82) is 0 Å². The number of nitrogens with one attached hydrogen (secondary N) is 1. The maximum absolute atomic E-state index is 12.2. The lowest BCUT2D eigenvalue weighted by molar-refractivity contribution is 0.0769. The van der Waals surface area contributed by atoms with Gasteiger partial charge in [-0.1, -0.05) is 26.3 Å². The summed E-state index contributed by atoms with van der Waals surface area (Å²) in [5, 5.41) is 3.11. The highest BCUT2D eigenvalue weighted by atomic mass is 16.2. The van der Waals surface area contributed by atoms with Gasteiger partial charge in [-0.25, -0.2) is 4.98 Å². The second-order valence-electron chi connectivity index (χ2n) is 4.64. The molecule has 0 fully saturated rings. The van der Waals surface area contributed by atoms with Gasteiger partial charge < -0.3 is 10.2 Å². The van der Waals surface area contributed by atoms with Gasteiger partial charge in [0.2, 0.25) is 0 Å². The lowest BCUT2D eigenvalue weighted by Gasteiger charge is -2.20. The number of anilines is 1. The van der Waals surface area contributed by atoms with Crippen molar-refractivity contribution in [1.82, 2.24) is 9.88 Å². The van der Waals surface area contributed by atoms with E-state index in [1.807, 2.05) is 26.1 Å². The predicted octanol–water partition coefficient (Wildman–Crippen LogP) is 2.63. The van der Waals surface area contributed by atoms with Crippen LogP contribution in [0.25, 0.3) is 0 Å². The number of pyridine rings is 1. The molecular formula is C14H23N3O. The second-order valence-corrected chi connectivity index (χ2v) is 4.64. The van der Waals surface area contributed by atoms with Crippen LogP contribution in [0.3, 0.4) is 0 Å². The largest absolute Gasteiger partial charge is 0.370 e. The first-order chi connectivity index (χ1) is 8.58. The molecule has 1 heterocycles. The van der Waals surface area contributed by atoms with Gasteiger partial charge in [0.15, 0.2) is 0 Å². The Morgan fingerprint density at radius 3 is 2.78 bits per heavy atom. The van der Waals surface area contributed by atoms with E-state index in [9.17, 15) is 4.79 Å². The van der Waals surface area contributed by atoms with E-state index in [4.69, 9.17) is 0 Å². The van der Waals surface area contributed by atoms with Gasteiger partial charge in [0.25, 0.3) is 5.91 Å². The number of rotatable bonds is 6. The summed E-state index contributed by atoms with van der Waals surface area (Å²) in [6.45, 7) is 7.85. The van der Waals surface area contributed by atoms with E-state index in [2.05, 4.69) is 24.1 Å². The van der Waals surface area contributed by atoms with Crippen molar-refractivity contribution in [3.05, 3.63) is 23.9 Å². The number of nitrogens with zero attached hydrogens (tertiary/aromatic N) is 2. The summed E-state index contributed by atoms with van der Waals surface area (Å²) in [5.41, 5.74) is 0.499. The fourth-order valence-electron chi connectivity index (χ4n) is 1.71. The Labute approximate surface area is 109 Å². The number of hydrogen-bond donors (Lipinski definition) is 1. The minimum Gasteiger partial charge on any atom is -0.370 e. The summed E-state index contributed by atoms with van der Waals surface area (Å²) >= 11 is 0. The Balaban J connectivity index is 2.73.